The monoisotopic (exact) mass is 400 g/mol. The van der Waals surface area contributed by atoms with Gasteiger partial charge in [-0.2, -0.15) is 0 Å². The number of rotatable bonds is 0. The van der Waals surface area contributed by atoms with Crippen LogP contribution in [0.5, 0.6) is 0 Å². The van der Waals surface area contributed by atoms with Crippen LogP contribution in [0.4, 0.5) is 0 Å². The predicted octanol–water partition coefficient (Wildman–Crippen LogP) is 5.79. The Kier molecular flexibility index (Phi) is 6.06. The van der Waals surface area contributed by atoms with Gasteiger partial charge in [-0.25, -0.2) is 0 Å². The van der Waals surface area contributed by atoms with E-state index in [0.717, 1.165) is 31.1 Å². The van der Waals surface area contributed by atoms with Gasteiger partial charge in [0.05, 0.1) is 0 Å². The minimum atomic E-state index is 0.365. The molecular weight excluding hydrogens is 360 g/mol. The number of carbonyl (C=O) groups is 3. The van der Waals surface area contributed by atoms with Crippen LogP contribution >= 0.6 is 0 Å². The molecule has 0 saturated heterocycles. The molecule has 29 heavy (non-hydrogen) atoms. The van der Waals surface area contributed by atoms with Gasteiger partial charge < -0.3 is 0 Å². The summed E-state index contributed by atoms with van der Waals surface area (Å²) in [5.41, 5.74) is 0.560. The van der Waals surface area contributed by atoms with Crippen molar-refractivity contribution in [3.05, 3.63) is 0 Å². The molecule has 0 N–H and O–H groups in total. The van der Waals surface area contributed by atoms with Crippen molar-refractivity contribution < 1.29 is 14.4 Å². The third kappa shape index (κ3) is 4.39. The Morgan fingerprint density at radius 1 is 0.759 bits per heavy atom. The molecule has 7 fully saturated rings. The Labute approximate surface area is 176 Å². The summed E-state index contributed by atoms with van der Waals surface area (Å²) in [6.45, 7) is 6.51. The smallest absolute Gasteiger partial charge is 0.139 e. The summed E-state index contributed by atoms with van der Waals surface area (Å²) in [6.07, 6.45) is 14.3. The summed E-state index contributed by atoms with van der Waals surface area (Å²) in [5.74, 6) is 5.50. The molecule has 6 bridgehead atoms. The van der Waals surface area contributed by atoms with Gasteiger partial charge >= 0.3 is 0 Å². The standard InChI is InChI=1S/C11H16O.C8H12O.C7H12O/c1-11-4-7-2-8(5-11)10(12)9(3-7)6-11;1-5-6-2-3-7(4-6)8(5)9;1-6-4-2-3-5-7(6)8/h7-9H,2-6H2,1H3;5-7H,2-4H2,1H3;6H,2-5H2,1H3. The summed E-state index contributed by atoms with van der Waals surface area (Å²) in [6, 6.07) is 0. The molecule has 3 nitrogen and oxygen atoms in total. The van der Waals surface area contributed by atoms with Gasteiger partial charge in [0.15, 0.2) is 0 Å². The fourth-order valence-electron chi connectivity index (χ4n) is 7.63. The largest absolute Gasteiger partial charge is 0.299 e. The first kappa shape index (κ1) is 21.2. The first-order valence-electron chi connectivity index (χ1n) is 12.4. The molecule has 0 aromatic heterocycles. The van der Waals surface area contributed by atoms with Crippen molar-refractivity contribution in [3.8, 4) is 0 Å². The zero-order valence-corrected chi connectivity index (χ0v) is 18.8. The molecule has 6 unspecified atom stereocenters. The van der Waals surface area contributed by atoms with Crippen LogP contribution in [0.3, 0.4) is 0 Å². The molecular formula is C26H40O3. The molecule has 7 rings (SSSR count). The van der Waals surface area contributed by atoms with Crippen molar-refractivity contribution in [1.82, 2.24) is 0 Å². The first-order chi connectivity index (χ1) is 13.8. The Morgan fingerprint density at radius 2 is 1.45 bits per heavy atom. The molecule has 6 atom stereocenters. The molecule has 0 aromatic carbocycles. The van der Waals surface area contributed by atoms with Gasteiger partial charge in [0.1, 0.15) is 17.3 Å². The van der Waals surface area contributed by atoms with E-state index in [-0.39, 0.29) is 0 Å². The Morgan fingerprint density at radius 3 is 1.86 bits per heavy atom. The summed E-state index contributed by atoms with van der Waals surface area (Å²) >= 11 is 0. The Bertz CT molecular complexity index is 643. The van der Waals surface area contributed by atoms with Crippen LogP contribution in [-0.4, -0.2) is 17.3 Å². The summed E-state index contributed by atoms with van der Waals surface area (Å²) in [5, 5.41) is 0. The number of fused-ring (bicyclic) bond motifs is 2. The van der Waals surface area contributed by atoms with Crippen molar-refractivity contribution in [1.29, 1.82) is 0 Å². The molecule has 7 aliphatic carbocycles. The molecule has 162 valence electrons. The summed E-state index contributed by atoms with van der Waals surface area (Å²) in [4.78, 5) is 33.7. The van der Waals surface area contributed by atoms with Crippen LogP contribution in [0.15, 0.2) is 0 Å². The van der Waals surface area contributed by atoms with Gasteiger partial charge in [-0.15, -0.1) is 0 Å². The van der Waals surface area contributed by atoms with E-state index in [0.29, 0.717) is 52.4 Å². The topological polar surface area (TPSA) is 51.2 Å². The number of Topliss-reactive ketones (excluding diaryl/α,β-unsaturated/α-hetero) is 3. The summed E-state index contributed by atoms with van der Waals surface area (Å²) in [7, 11) is 0. The van der Waals surface area contributed by atoms with E-state index in [1.165, 1.54) is 57.8 Å². The molecule has 0 aliphatic heterocycles. The highest BCUT2D eigenvalue weighted by atomic mass is 16.1. The highest BCUT2D eigenvalue weighted by Crippen LogP contribution is 2.58. The fourth-order valence-corrected chi connectivity index (χ4v) is 7.63. The van der Waals surface area contributed by atoms with Crippen molar-refractivity contribution >= 4 is 17.3 Å². The normalized spacial score (nSPS) is 46.9. The minimum Gasteiger partial charge on any atom is -0.299 e. The second-order valence-corrected chi connectivity index (χ2v) is 11.6. The number of ketones is 3. The third-order valence-electron chi connectivity index (χ3n) is 9.19. The Balaban J connectivity index is 0.000000109. The van der Waals surface area contributed by atoms with Crippen LogP contribution in [0, 0.1) is 46.8 Å². The number of carbonyl (C=O) groups excluding carboxylic acids is 3. The lowest BCUT2D eigenvalue weighted by atomic mass is 9.50. The maximum absolute atomic E-state index is 11.7. The molecule has 0 heterocycles. The van der Waals surface area contributed by atoms with E-state index in [4.69, 9.17) is 0 Å². The van der Waals surface area contributed by atoms with Crippen LogP contribution in [0.2, 0.25) is 0 Å². The highest BCUT2D eigenvalue weighted by molar-refractivity contribution is 5.86. The van der Waals surface area contributed by atoms with Crippen LogP contribution in [-0.2, 0) is 14.4 Å². The van der Waals surface area contributed by atoms with E-state index in [1.54, 1.807) is 0 Å². The quantitative estimate of drug-likeness (QED) is 0.517. The maximum Gasteiger partial charge on any atom is 0.139 e. The average molecular weight is 401 g/mol. The second kappa shape index (κ2) is 8.27. The highest BCUT2D eigenvalue weighted by Gasteiger charge is 2.52. The van der Waals surface area contributed by atoms with E-state index in [2.05, 4.69) is 13.8 Å². The zero-order chi connectivity index (χ0) is 20.8. The molecule has 0 spiro atoms. The average Bonchev–Trinajstić information content (AvgIpc) is 3.25. The predicted molar refractivity (Wildman–Crippen MR) is 114 cm³/mol. The van der Waals surface area contributed by atoms with Crippen LogP contribution < -0.4 is 0 Å². The van der Waals surface area contributed by atoms with Gasteiger partial charge in [-0.1, -0.05) is 27.2 Å². The van der Waals surface area contributed by atoms with Gasteiger partial charge in [0.25, 0.3) is 0 Å². The Hall–Kier alpha value is -0.990. The summed E-state index contributed by atoms with van der Waals surface area (Å²) < 4.78 is 0. The lowest BCUT2D eigenvalue weighted by Gasteiger charge is -2.54. The van der Waals surface area contributed by atoms with Crippen molar-refractivity contribution in [3.63, 3.8) is 0 Å². The van der Waals surface area contributed by atoms with E-state index < -0.39 is 0 Å². The van der Waals surface area contributed by atoms with E-state index in [1.807, 2.05) is 6.92 Å². The second-order valence-electron chi connectivity index (χ2n) is 11.6. The number of hydrogen-bond acceptors (Lipinski definition) is 3. The van der Waals surface area contributed by atoms with Gasteiger partial charge in [0.2, 0.25) is 0 Å². The van der Waals surface area contributed by atoms with Gasteiger partial charge in [-0.05, 0) is 81.5 Å². The fraction of sp³-hybridized carbons (Fsp3) is 0.885. The van der Waals surface area contributed by atoms with Crippen LogP contribution in [0.1, 0.15) is 97.8 Å². The minimum absolute atomic E-state index is 0.365. The van der Waals surface area contributed by atoms with Crippen molar-refractivity contribution in [2.75, 3.05) is 0 Å². The zero-order valence-electron chi connectivity index (χ0n) is 18.8. The maximum atomic E-state index is 11.7. The van der Waals surface area contributed by atoms with Gasteiger partial charge in [-0.3, -0.25) is 14.4 Å². The lowest BCUT2D eigenvalue weighted by Crippen LogP contribution is -2.50. The number of hydrogen-bond donors (Lipinski definition) is 0. The lowest BCUT2D eigenvalue weighted by molar-refractivity contribution is -0.146. The molecule has 0 radical (unpaired) electrons. The molecule has 7 aliphatic rings. The first-order valence-corrected chi connectivity index (χ1v) is 12.4. The SMILES string of the molecule is CC12CC3CC(C1)C(=O)C(C3)C2.CC1C(=O)C2CCC1C2.CC1CCCCC1=O. The molecule has 7 saturated carbocycles. The molecule has 0 amide bonds. The third-order valence-corrected chi connectivity index (χ3v) is 9.19. The van der Waals surface area contributed by atoms with Crippen molar-refractivity contribution in [2.45, 2.75) is 97.8 Å². The molecule has 0 aromatic rings. The van der Waals surface area contributed by atoms with Crippen LogP contribution in [0.25, 0.3) is 0 Å². The molecule has 3 heteroatoms. The van der Waals surface area contributed by atoms with Crippen molar-refractivity contribution in [2.24, 2.45) is 46.8 Å². The van der Waals surface area contributed by atoms with E-state index in [9.17, 15) is 14.4 Å². The van der Waals surface area contributed by atoms with E-state index >= 15 is 0 Å². The van der Waals surface area contributed by atoms with Gasteiger partial charge in [0, 0.05) is 36.0 Å².